The van der Waals surface area contributed by atoms with Crippen molar-refractivity contribution >= 4 is 10.9 Å². The number of fused-ring (bicyclic) bond motifs is 1. The third-order valence-electron chi connectivity index (χ3n) is 3.95. The summed E-state index contributed by atoms with van der Waals surface area (Å²) in [5.74, 6) is 1.73. The van der Waals surface area contributed by atoms with Crippen molar-refractivity contribution in [2.75, 3.05) is 13.1 Å². The lowest BCUT2D eigenvalue weighted by Crippen LogP contribution is -2.28. The Morgan fingerprint density at radius 1 is 1.24 bits per heavy atom. The van der Waals surface area contributed by atoms with Crippen LogP contribution in [0.1, 0.15) is 24.7 Å². The SMILES string of the molecule is c1cnc2ccc(-c3noc(C4CCCNC4)n3)cc2c1. The van der Waals surface area contributed by atoms with Crippen LogP contribution in [0, 0.1) is 0 Å². The zero-order chi connectivity index (χ0) is 14.1. The van der Waals surface area contributed by atoms with E-state index in [4.69, 9.17) is 4.52 Å². The summed E-state index contributed by atoms with van der Waals surface area (Å²) in [6, 6.07) is 10.0. The summed E-state index contributed by atoms with van der Waals surface area (Å²) in [6.07, 6.45) is 4.06. The number of nitrogens with one attached hydrogen (secondary N) is 1. The third kappa shape index (κ3) is 2.40. The van der Waals surface area contributed by atoms with Crippen molar-refractivity contribution in [3.8, 4) is 11.4 Å². The minimum Gasteiger partial charge on any atom is -0.339 e. The van der Waals surface area contributed by atoms with E-state index in [0.29, 0.717) is 11.7 Å². The van der Waals surface area contributed by atoms with Crippen LogP contribution in [0.4, 0.5) is 0 Å². The molecule has 3 heterocycles. The van der Waals surface area contributed by atoms with Gasteiger partial charge >= 0.3 is 0 Å². The van der Waals surface area contributed by atoms with Gasteiger partial charge in [-0.2, -0.15) is 4.98 Å². The molecule has 1 saturated heterocycles. The maximum atomic E-state index is 5.45. The van der Waals surface area contributed by atoms with E-state index in [-0.39, 0.29) is 0 Å². The summed E-state index contributed by atoms with van der Waals surface area (Å²) in [6.45, 7) is 2.00. The predicted octanol–water partition coefficient (Wildman–Crippen LogP) is 2.75. The van der Waals surface area contributed by atoms with Crippen molar-refractivity contribution < 1.29 is 4.52 Å². The lowest BCUT2D eigenvalue weighted by Gasteiger charge is -2.18. The molecule has 5 nitrogen and oxygen atoms in total. The first-order valence-corrected chi connectivity index (χ1v) is 7.29. The van der Waals surface area contributed by atoms with Gasteiger partial charge in [-0.3, -0.25) is 4.98 Å². The molecule has 0 radical (unpaired) electrons. The van der Waals surface area contributed by atoms with Crippen LogP contribution in [0.5, 0.6) is 0 Å². The third-order valence-corrected chi connectivity index (χ3v) is 3.95. The van der Waals surface area contributed by atoms with Gasteiger partial charge in [-0.05, 0) is 43.7 Å². The Labute approximate surface area is 122 Å². The molecule has 5 heteroatoms. The minimum absolute atomic E-state index is 0.335. The van der Waals surface area contributed by atoms with Crippen LogP contribution in [-0.2, 0) is 0 Å². The van der Waals surface area contributed by atoms with E-state index in [1.54, 1.807) is 6.20 Å². The Hall–Kier alpha value is -2.27. The molecule has 0 amide bonds. The molecular weight excluding hydrogens is 264 g/mol. The number of rotatable bonds is 2. The van der Waals surface area contributed by atoms with Crippen molar-refractivity contribution in [1.29, 1.82) is 0 Å². The van der Waals surface area contributed by atoms with Crippen LogP contribution < -0.4 is 5.32 Å². The van der Waals surface area contributed by atoms with Gasteiger partial charge in [0.05, 0.1) is 11.4 Å². The standard InChI is InChI=1S/C16H16N4O/c1-4-13(10-17-7-1)16-19-15(20-21-16)12-5-6-14-11(9-12)3-2-8-18-14/h2-3,5-6,8-9,13,17H,1,4,7,10H2. The first-order valence-electron chi connectivity index (χ1n) is 7.29. The Kier molecular flexibility index (Phi) is 3.12. The molecule has 1 aliphatic rings. The largest absolute Gasteiger partial charge is 0.339 e. The van der Waals surface area contributed by atoms with Gasteiger partial charge in [0.1, 0.15) is 0 Å². The molecule has 106 valence electrons. The first-order chi connectivity index (χ1) is 10.4. The molecule has 0 bridgehead atoms. The fourth-order valence-corrected chi connectivity index (χ4v) is 2.80. The van der Waals surface area contributed by atoms with Crippen LogP contribution in [0.25, 0.3) is 22.3 Å². The molecule has 4 rings (SSSR count). The summed E-state index contributed by atoms with van der Waals surface area (Å²) in [5, 5.41) is 8.59. The van der Waals surface area contributed by atoms with E-state index in [1.807, 2.05) is 24.3 Å². The fourth-order valence-electron chi connectivity index (χ4n) is 2.80. The lowest BCUT2D eigenvalue weighted by atomic mass is 10.00. The molecule has 1 fully saturated rings. The highest BCUT2D eigenvalue weighted by Gasteiger charge is 2.21. The topological polar surface area (TPSA) is 63.8 Å². The molecule has 2 aromatic heterocycles. The molecule has 1 aliphatic heterocycles. The van der Waals surface area contributed by atoms with Gasteiger partial charge < -0.3 is 9.84 Å². The summed E-state index contributed by atoms with van der Waals surface area (Å²) >= 11 is 0. The second-order valence-electron chi connectivity index (χ2n) is 5.41. The van der Waals surface area contributed by atoms with Gasteiger partial charge in [-0.15, -0.1) is 0 Å². The average Bonchev–Trinajstić information content (AvgIpc) is 3.05. The molecule has 0 saturated carbocycles. The highest BCUT2D eigenvalue weighted by atomic mass is 16.5. The molecule has 3 aromatic rings. The number of nitrogens with zero attached hydrogens (tertiary/aromatic N) is 3. The van der Waals surface area contributed by atoms with E-state index < -0.39 is 0 Å². The Bertz CT molecular complexity index is 762. The van der Waals surface area contributed by atoms with Crippen molar-refractivity contribution in [2.45, 2.75) is 18.8 Å². The van der Waals surface area contributed by atoms with Gasteiger partial charge in [0.15, 0.2) is 0 Å². The minimum atomic E-state index is 0.335. The molecule has 1 N–H and O–H groups in total. The van der Waals surface area contributed by atoms with Crippen LogP contribution in [0.3, 0.4) is 0 Å². The molecule has 1 atom stereocenters. The Balaban J connectivity index is 1.67. The predicted molar refractivity (Wildman–Crippen MR) is 79.9 cm³/mol. The average molecular weight is 280 g/mol. The first kappa shape index (κ1) is 12.5. The van der Waals surface area contributed by atoms with Gasteiger partial charge in [-0.1, -0.05) is 11.2 Å². The molecule has 1 aromatic carbocycles. The Morgan fingerprint density at radius 2 is 2.24 bits per heavy atom. The zero-order valence-electron chi connectivity index (χ0n) is 11.6. The summed E-state index contributed by atoms with van der Waals surface area (Å²) in [5.41, 5.74) is 1.94. The van der Waals surface area contributed by atoms with Gasteiger partial charge in [0.2, 0.25) is 11.7 Å². The smallest absolute Gasteiger partial charge is 0.231 e. The monoisotopic (exact) mass is 280 g/mol. The van der Waals surface area contributed by atoms with Crippen LogP contribution in [0.2, 0.25) is 0 Å². The molecule has 1 unspecified atom stereocenters. The quantitative estimate of drug-likeness (QED) is 0.782. The number of hydrogen-bond donors (Lipinski definition) is 1. The molecule has 21 heavy (non-hydrogen) atoms. The molecule has 0 spiro atoms. The highest BCUT2D eigenvalue weighted by Crippen LogP contribution is 2.25. The zero-order valence-corrected chi connectivity index (χ0v) is 11.6. The van der Waals surface area contributed by atoms with E-state index in [2.05, 4.69) is 26.5 Å². The fraction of sp³-hybridized carbons (Fsp3) is 0.312. The van der Waals surface area contributed by atoms with Gasteiger partial charge in [0.25, 0.3) is 0 Å². The Morgan fingerprint density at radius 3 is 3.14 bits per heavy atom. The van der Waals surface area contributed by atoms with Crippen LogP contribution >= 0.6 is 0 Å². The van der Waals surface area contributed by atoms with Crippen molar-refractivity contribution in [1.82, 2.24) is 20.4 Å². The summed E-state index contributed by atoms with van der Waals surface area (Å²) < 4.78 is 5.45. The molecule has 0 aliphatic carbocycles. The van der Waals surface area contributed by atoms with E-state index in [1.165, 1.54) is 0 Å². The number of benzene rings is 1. The number of pyridine rings is 1. The van der Waals surface area contributed by atoms with Crippen LogP contribution in [0.15, 0.2) is 41.1 Å². The van der Waals surface area contributed by atoms with E-state index in [9.17, 15) is 0 Å². The van der Waals surface area contributed by atoms with E-state index >= 15 is 0 Å². The second-order valence-corrected chi connectivity index (χ2v) is 5.41. The van der Waals surface area contributed by atoms with Crippen LogP contribution in [-0.4, -0.2) is 28.2 Å². The summed E-state index contributed by atoms with van der Waals surface area (Å²) in [4.78, 5) is 8.89. The maximum Gasteiger partial charge on any atom is 0.231 e. The number of hydrogen-bond acceptors (Lipinski definition) is 5. The normalized spacial score (nSPS) is 19.0. The van der Waals surface area contributed by atoms with E-state index in [0.717, 1.165) is 48.3 Å². The van der Waals surface area contributed by atoms with Crippen molar-refractivity contribution in [2.24, 2.45) is 0 Å². The van der Waals surface area contributed by atoms with Gasteiger partial charge in [0, 0.05) is 23.7 Å². The highest BCUT2D eigenvalue weighted by molar-refractivity contribution is 5.82. The number of aromatic nitrogens is 3. The second kappa shape index (κ2) is 5.26. The molecular formula is C16H16N4O. The lowest BCUT2D eigenvalue weighted by molar-refractivity contribution is 0.322. The van der Waals surface area contributed by atoms with Gasteiger partial charge in [-0.25, -0.2) is 0 Å². The maximum absolute atomic E-state index is 5.45. The van der Waals surface area contributed by atoms with Crippen molar-refractivity contribution in [3.63, 3.8) is 0 Å². The summed E-state index contributed by atoms with van der Waals surface area (Å²) in [7, 11) is 0. The number of piperidine rings is 1. The van der Waals surface area contributed by atoms with Crippen molar-refractivity contribution in [3.05, 3.63) is 42.4 Å².